The van der Waals surface area contributed by atoms with Crippen LogP contribution in [0, 0.1) is 0 Å². The molecule has 5 heteroatoms. The van der Waals surface area contributed by atoms with E-state index >= 15 is 0 Å². The van der Waals surface area contributed by atoms with E-state index in [1.165, 1.54) is 6.33 Å². The summed E-state index contributed by atoms with van der Waals surface area (Å²) in [6.07, 6.45) is 4.83. The molecular weight excluding hydrogens is 166 g/mol. The van der Waals surface area contributed by atoms with Crippen molar-refractivity contribution in [1.82, 2.24) is 19.7 Å². The predicted molar refractivity (Wildman–Crippen MR) is 47.0 cm³/mol. The Hall–Kier alpha value is -1.75. The highest BCUT2D eigenvalue weighted by atomic mass is 15.3. The number of pyridine rings is 1. The Morgan fingerprint density at radius 2 is 2.31 bits per heavy atom. The Bertz CT molecular complexity index is 364. The van der Waals surface area contributed by atoms with Crippen LogP contribution >= 0.6 is 0 Å². The lowest BCUT2D eigenvalue weighted by molar-refractivity contribution is 0.864. The lowest BCUT2D eigenvalue weighted by atomic mass is 10.3. The van der Waals surface area contributed by atoms with E-state index in [-0.39, 0.29) is 0 Å². The summed E-state index contributed by atoms with van der Waals surface area (Å²) < 4.78 is 1.65. The van der Waals surface area contributed by atoms with Gasteiger partial charge in [0.15, 0.2) is 0 Å². The van der Waals surface area contributed by atoms with Crippen LogP contribution in [0.25, 0.3) is 5.69 Å². The van der Waals surface area contributed by atoms with Gasteiger partial charge in [-0.05, 0) is 12.1 Å². The van der Waals surface area contributed by atoms with Gasteiger partial charge in [0.2, 0.25) is 0 Å². The number of aromatic nitrogens is 4. The standard InChI is InChI=1S/C8H9N5/c9-3-7-1-2-8(4-11-7)13-6-10-5-12-13/h1-2,4-6H,3,9H2. The van der Waals surface area contributed by atoms with Gasteiger partial charge < -0.3 is 5.73 Å². The fourth-order valence-corrected chi connectivity index (χ4v) is 1.01. The largest absolute Gasteiger partial charge is 0.325 e. The first-order chi connectivity index (χ1) is 6.40. The van der Waals surface area contributed by atoms with Crippen molar-refractivity contribution < 1.29 is 0 Å². The van der Waals surface area contributed by atoms with Gasteiger partial charge >= 0.3 is 0 Å². The minimum Gasteiger partial charge on any atom is -0.325 e. The van der Waals surface area contributed by atoms with Gasteiger partial charge in [-0.2, -0.15) is 5.10 Å². The van der Waals surface area contributed by atoms with Crippen molar-refractivity contribution in [3.8, 4) is 5.69 Å². The molecule has 0 amide bonds. The molecule has 66 valence electrons. The number of hydrogen-bond acceptors (Lipinski definition) is 4. The van der Waals surface area contributed by atoms with E-state index in [1.54, 1.807) is 17.2 Å². The van der Waals surface area contributed by atoms with Crippen molar-refractivity contribution in [1.29, 1.82) is 0 Å². The zero-order chi connectivity index (χ0) is 9.10. The molecule has 0 fully saturated rings. The number of nitrogens with zero attached hydrogens (tertiary/aromatic N) is 4. The van der Waals surface area contributed by atoms with E-state index in [9.17, 15) is 0 Å². The summed E-state index contributed by atoms with van der Waals surface area (Å²) in [5.74, 6) is 0. The Kier molecular flexibility index (Phi) is 2.01. The Labute approximate surface area is 75.2 Å². The maximum absolute atomic E-state index is 5.42. The molecule has 2 N–H and O–H groups in total. The van der Waals surface area contributed by atoms with Gasteiger partial charge in [0.1, 0.15) is 12.7 Å². The first-order valence-corrected chi connectivity index (χ1v) is 3.90. The second kappa shape index (κ2) is 3.32. The van der Waals surface area contributed by atoms with Gasteiger partial charge in [0.05, 0.1) is 17.6 Å². The SMILES string of the molecule is NCc1ccc(-n2cncn2)cn1. The normalized spacial score (nSPS) is 10.2. The third-order valence-electron chi connectivity index (χ3n) is 1.70. The molecule has 0 aliphatic heterocycles. The van der Waals surface area contributed by atoms with Crippen LogP contribution in [-0.2, 0) is 6.54 Å². The topological polar surface area (TPSA) is 69.6 Å². The van der Waals surface area contributed by atoms with Gasteiger partial charge in [0, 0.05) is 6.54 Å². The monoisotopic (exact) mass is 175 g/mol. The molecule has 2 aromatic heterocycles. The Balaban J connectivity index is 2.33. The average Bonchev–Trinajstić information content (AvgIpc) is 2.71. The number of nitrogens with two attached hydrogens (primary N) is 1. The molecule has 2 rings (SSSR count). The third kappa shape index (κ3) is 1.54. The molecule has 2 heterocycles. The van der Waals surface area contributed by atoms with E-state index < -0.39 is 0 Å². The van der Waals surface area contributed by atoms with E-state index in [0.29, 0.717) is 6.54 Å². The molecule has 0 aliphatic carbocycles. The summed E-state index contributed by atoms with van der Waals surface area (Å²) in [7, 11) is 0. The summed E-state index contributed by atoms with van der Waals surface area (Å²) in [5.41, 5.74) is 7.17. The van der Waals surface area contributed by atoms with Gasteiger partial charge in [0.25, 0.3) is 0 Å². The van der Waals surface area contributed by atoms with Crippen LogP contribution in [0.2, 0.25) is 0 Å². The molecule has 0 radical (unpaired) electrons. The van der Waals surface area contributed by atoms with Crippen LogP contribution in [0.5, 0.6) is 0 Å². The minimum absolute atomic E-state index is 0.456. The number of rotatable bonds is 2. The fraction of sp³-hybridized carbons (Fsp3) is 0.125. The highest BCUT2D eigenvalue weighted by Crippen LogP contribution is 2.03. The molecule has 0 spiro atoms. The molecule has 0 saturated carbocycles. The zero-order valence-corrected chi connectivity index (χ0v) is 6.96. The summed E-state index contributed by atoms with van der Waals surface area (Å²) in [5, 5.41) is 3.98. The maximum atomic E-state index is 5.42. The molecule has 0 unspecified atom stereocenters. The second-order valence-corrected chi connectivity index (χ2v) is 2.55. The molecule has 0 saturated heterocycles. The third-order valence-corrected chi connectivity index (χ3v) is 1.70. The smallest absolute Gasteiger partial charge is 0.138 e. The van der Waals surface area contributed by atoms with Crippen LogP contribution in [-0.4, -0.2) is 19.7 Å². The van der Waals surface area contributed by atoms with E-state index in [0.717, 1.165) is 11.4 Å². The first-order valence-electron chi connectivity index (χ1n) is 3.90. The van der Waals surface area contributed by atoms with Crippen LogP contribution in [0.4, 0.5) is 0 Å². The Morgan fingerprint density at radius 1 is 1.38 bits per heavy atom. The molecule has 0 bridgehead atoms. The summed E-state index contributed by atoms with van der Waals surface area (Å²) in [6, 6.07) is 3.78. The van der Waals surface area contributed by atoms with Crippen LogP contribution in [0.1, 0.15) is 5.69 Å². The summed E-state index contributed by atoms with van der Waals surface area (Å²) in [6.45, 7) is 0.456. The van der Waals surface area contributed by atoms with Crippen molar-refractivity contribution >= 4 is 0 Å². The average molecular weight is 175 g/mol. The predicted octanol–water partition coefficient (Wildman–Crippen LogP) is 0.121. The maximum Gasteiger partial charge on any atom is 0.138 e. The zero-order valence-electron chi connectivity index (χ0n) is 6.96. The van der Waals surface area contributed by atoms with Crippen molar-refractivity contribution in [3.63, 3.8) is 0 Å². The van der Waals surface area contributed by atoms with Crippen LogP contribution in [0.3, 0.4) is 0 Å². The molecule has 0 aromatic carbocycles. The molecule has 0 aliphatic rings. The molecule has 5 nitrogen and oxygen atoms in total. The lowest BCUT2D eigenvalue weighted by Gasteiger charge is -1.99. The summed E-state index contributed by atoms with van der Waals surface area (Å²) in [4.78, 5) is 7.98. The van der Waals surface area contributed by atoms with Crippen molar-refractivity contribution in [2.75, 3.05) is 0 Å². The molecule has 0 atom stereocenters. The molecular formula is C8H9N5. The van der Waals surface area contributed by atoms with E-state index in [1.807, 2.05) is 12.1 Å². The number of hydrogen-bond donors (Lipinski definition) is 1. The quantitative estimate of drug-likeness (QED) is 0.703. The highest BCUT2D eigenvalue weighted by molar-refractivity contribution is 5.27. The van der Waals surface area contributed by atoms with Gasteiger partial charge in [-0.1, -0.05) is 0 Å². The highest BCUT2D eigenvalue weighted by Gasteiger charge is 1.96. The van der Waals surface area contributed by atoms with Gasteiger partial charge in [-0.25, -0.2) is 9.67 Å². The summed E-state index contributed by atoms with van der Waals surface area (Å²) >= 11 is 0. The van der Waals surface area contributed by atoms with Crippen LogP contribution < -0.4 is 5.73 Å². The second-order valence-electron chi connectivity index (χ2n) is 2.55. The van der Waals surface area contributed by atoms with Crippen molar-refractivity contribution in [2.24, 2.45) is 5.73 Å². The van der Waals surface area contributed by atoms with Gasteiger partial charge in [-0.15, -0.1) is 0 Å². The molecule has 13 heavy (non-hydrogen) atoms. The fourth-order valence-electron chi connectivity index (χ4n) is 1.01. The van der Waals surface area contributed by atoms with Crippen molar-refractivity contribution in [3.05, 3.63) is 36.7 Å². The van der Waals surface area contributed by atoms with Gasteiger partial charge in [-0.3, -0.25) is 4.98 Å². The lowest BCUT2D eigenvalue weighted by Crippen LogP contribution is -2.01. The minimum atomic E-state index is 0.456. The van der Waals surface area contributed by atoms with E-state index in [4.69, 9.17) is 5.73 Å². The molecule has 2 aromatic rings. The van der Waals surface area contributed by atoms with E-state index in [2.05, 4.69) is 15.1 Å². The Morgan fingerprint density at radius 3 is 2.85 bits per heavy atom. The van der Waals surface area contributed by atoms with Crippen LogP contribution in [0.15, 0.2) is 31.0 Å². The van der Waals surface area contributed by atoms with Crippen molar-refractivity contribution in [2.45, 2.75) is 6.54 Å². The first kappa shape index (κ1) is 7.88.